The Hall–Kier alpha value is -3.07. The van der Waals surface area contributed by atoms with Gasteiger partial charge in [0.15, 0.2) is 0 Å². The lowest BCUT2D eigenvalue weighted by atomic mass is 10.1. The number of unbranched alkanes of at least 4 members (excludes halogenated alkanes) is 9. The van der Waals surface area contributed by atoms with Crippen molar-refractivity contribution >= 4 is 5.97 Å². The summed E-state index contributed by atoms with van der Waals surface area (Å²) in [6, 6.07) is 24.9. The van der Waals surface area contributed by atoms with Crippen molar-refractivity contribution < 1.29 is 14.3 Å². The molecule has 3 nitrogen and oxygen atoms in total. The molecule has 0 aliphatic heterocycles. The zero-order chi connectivity index (χ0) is 23.8. The Bertz CT molecular complexity index is 946. The summed E-state index contributed by atoms with van der Waals surface area (Å²) in [7, 11) is 0. The van der Waals surface area contributed by atoms with Crippen molar-refractivity contribution in [3.63, 3.8) is 0 Å². The molecule has 0 atom stereocenters. The summed E-state index contributed by atoms with van der Waals surface area (Å²) in [6.45, 7) is 2.98. The Morgan fingerprint density at radius 1 is 0.588 bits per heavy atom. The molecule has 0 N–H and O–H groups in total. The molecule has 3 heteroatoms. The highest BCUT2D eigenvalue weighted by Gasteiger charge is 2.09. The third-order valence-electron chi connectivity index (χ3n) is 6.03. The van der Waals surface area contributed by atoms with Gasteiger partial charge in [-0.2, -0.15) is 0 Å². The highest BCUT2D eigenvalue weighted by Crippen LogP contribution is 2.23. The first-order chi connectivity index (χ1) is 16.8. The summed E-state index contributed by atoms with van der Waals surface area (Å²) in [6.07, 6.45) is 13.1. The maximum absolute atomic E-state index is 12.5. The minimum atomic E-state index is -0.367. The van der Waals surface area contributed by atoms with E-state index in [4.69, 9.17) is 9.47 Å². The van der Waals surface area contributed by atoms with Crippen LogP contribution in [0.4, 0.5) is 0 Å². The molecule has 0 radical (unpaired) electrons. The van der Waals surface area contributed by atoms with Crippen molar-refractivity contribution in [2.24, 2.45) is 0 Å². The molecule has 0 aromatic heterocycles. The van der Waals surface area contributed by atoms with Gasteiger partial charge in [0, 0.05) is 0 Å². The zero-order valence-electron chi connectivity index (χ0n) is 20.5. The maximum Gasteiger partial charge on any atom is 0.343 e. The topological polar surface area (TPSA) is 35.5 Å². The fourth-order valence-electron chi connectivity index (χ4n) is 3.98. The highest BCUT2D eigenvalue weighted by atomic mass is 16.5. The van der Waals surface area contributed by atoms with E-state index in [1.165, 1.54) is 57.8 Å². The van der Waals surface area contributed by atoms with E-state index in [2.05, 4.69) is 19.1 Å². The van der Waals surface area contributed by atoms with Crippen LogP contribution in [0, 0.1) is 0 Å². The van der Waals surface area contributed by atoms with Crippen molar-refractivity contribution in [2.75, 3.05) is 6.61 Å². The quantitative estimate of drug-likeness (QED) is 0.130. The van der Waals surface area contributed by atoms with Gasteiger partial charge in [-0.3, -0.25) is 0 Å². The van der Waals surface area contributed by atoms with Crippen LogP contribution in [0.2, 0.25) is 0 Å². The van der Waals surface area contributed by atoms with Crippen LogP contribution in [0.5, 0.6) is 11.5 Å². The van der Waals surface area contributed by atoms with E-state index >= 15 is 0 Å². The molecule has 0 fully saturated rings. The van der Waals surface area contributed by atoms with Crippen molar-refractivity contribution in [1.29, 1.82) is 0 Å². The number of hydrogen-bond acceptors (Lipinski definition) is 3. The molecule has 34 heavy (non-hydrogen) atoms. The SMILES string of the molecule is CCCCCCCCCCCCOc1ccc(C(=O)Oc2ccc(-c3ccccc3)cc2)cc1. The first-order valence-corrected chi connectivity index (χ1v) is 12.9. The highest BCUT2D eigenvalue weighted by molar-refractivity contribution is 5.91. The molecular weight excluding hydrogens is 420 g/mol. The molecule has 0 aliphatic rings. The van der Waals surface area contributed by atoms with Gasteiger partial charge in [-0.05, 0) is 53.9 Å². The number of ether oxygens (including phenoxy) is 2. The number of carbonyl (C=O) groups is 1. The molecule has 3 aromatic rings. The number of carbonyl (C=O) groups excluding carboxylic acids is 1. The van der Waals surface area contributed by atoms with Crippen LogP contribution in [0.25, 0.3) is 11.1 Å². The molecule has 0 saturated carbocycles. The van der Waals surface area contributed by atoms with Crippen molar-refractivity contribution in [1.82, 2.24) is 0 Å². The molecular formula is C31H38O3. The first-order valence-electron chi connectivity index (χ1n) is 12.9. The second-order valence-electron chi connectivity index (χ2n) is 8.83. The van der Waals surface area contributed by atoms with Gasteiger partial charge in [-0.15, -0.1) is 0 Å². The number of benzene rings is 3. The standard InChI is InChI=1S/C31H38O3/c1-2-3-4-5-6-7-8-9-10-14-25-33-29-21-19-28(20-22-29)31(32)34-30-23-17-27(18-24-30)26-15-12-11-13-16-26/h11-13,15-24H,2-10,14,25H2,1H3. The molecule has 0 bridgehead atoms. The normalized spacial score (nSPS) is 10.7. The lowest BCUT2D eigenvalue weighted by Gasteiger charge is -2.08. The third-order valence-corrected chi connectivity index (χ3v) is 6.03. The van der Waals surface area contributed by atoms with Crippen LogP contribution in [-0.2, 0) is 0 Å². The lowest BCUT2D eigenvalue weighted by molar-refractivity contribution is 0.0734. The molecule has 0 unspecified atom stereocenters. The van der Waals surface area contributed by atoms with Crippen molar-refractivity contribution in [3.05, 3.63) is 84.4 Å². The van der Waals surface area contributed by atoms with E-state index in [1.807, 2.05) is 54.6 Å². The van der Waals surface area contributed by atoms with E-state index < -0.39 is 0 Å². The van der Waals surface area contributed by atoms with Crippen LogP contribution in [0.3, 0.4) is 0 Å². The predicted molar refractivity (Wildman–Crippen MR) is 141 cm³/mol. The molecule has 3 aromatic carbocycles. The fraction of sp³-hybridized carbons (Fsp3) is 0.387. The van der Waals surface area contributed by atoms with E-state index in [1.54, 1.807) is 12.1 Å². The van der Waals surface area contributed by atoms with Crippen LogP contribution in [0.1, 0.15) is 81.5 Å². The Kier molecular flexibility index (Phi) is 11.2. The zero-order valence-corrected chi connectivity index (χ0v) is 20.5. The minimum Gasteiger partial charge on any atom is -0.494 e. The summed E-state index contributed by atoms with van der Waals surface area (Å²) in [5.41, 5.74) is 2.73. The fourth-order valence-corrected chi connectivity index (χ4v) is 3.98. The van der Waals surface area contributed by atoms with Gasteiger partial charge in [-0.25, -0.2) is 4.79 Å². The summed E-state index contributed by atoms with van der Waals surface area (Å²) >= 11 is 0. The van der Waals surface area contributed by atoms with Crippen molar-refractivity contribution in [3.8, 4) is 22.6 Å². The summed E-state index contributed by atoms with van der Waals surface area (Å²) in [5.74, 6) is 0.958. The molecule has 0 spiro atoms. The molecule has 0 saturated heterocycles. The Morgan fingerprint density at radius 2 is 1.12 bits per heavy atom. The molecule has 0 aliphatic carbocycles. The number of hydrogen-bond donors (Lipinski definition) is 0. The number of esters is 1. The molecule has 3 rings (SSSR count). The van der Waals surface area contributed by atoms with Crippen LogP contribution >= 0.6 is 0 Å². The third kappa shape index (κ3) is 9.05. The minimum absolute atomic E-state index is 0.367. The van der Waals surface area contributed by atoms with Gasteiger partial charge < -0.3 is 9.47 Å². The van der Waals surface area contributed by atoms with Gasteiger partial charge in [-0.1, -0.05) is 107 Å². The van der Waals surface area contributed by atoms with E-state index in [-0.39, 0.29) is 5.97 Å². The van der Waals surface area contributed by atoms with E-state index in [0.29, 0.717) is 17.9 Å². The Balaban J connectivity index is 1.32. The summed E-state index contributed by atoms with van der Waals surface area (Å²) < 4.78 is 11.4. The number of rotatable bonds is 15. The molecule has 0 heterocycles. The largest absolute Gasteiger partial charge is 0.494 e. The van der Waals surface area contributed by atoms with Gasteiger partial charge in [0.25, 0.3) is 0 Å². The second kappa shape index (κ2) is 15.0. The molecule has 0 amide bonds. The average molecular weight is 459 g/mol. The van der Waals surface area contributed by atoms with Gasteiger partial charge in [0.05, 0.1) is 12.2 Å². The van der Waals surface area contributed by atoms with Crippen LogP contribution in [0.15, 0.2) is 78.9 Å². The van der Waals surface area contributed by atoms with Crippen LogP contribution < -0.4 is 9.47 Å². The first kappa shape index (κ1) is 25.6. The monoisotopic (exact) mass is 458 g/mol. The maximum atomic E-state index is 12.5. The summed E-state index contributed by atoms with van der Waals surface area (Å²) in [4.78, 5) is 12.5. The van der Waals surface area contributed by atoms with E-state index in [9.17, 15) is 4.79 Å². The van der Waals surface area contributed by atoms with E-state index in [0.717, 1.165) is 23.3 Å². The van der Waals surface area contributed by atoms with Gasteiger partial charge in [0.1, 0.15) is 11.5 Å². The average Bonchev–Trinajstić information content (AvgIpc) is 2.88. The lowest BCUT2D eigenvalue weighted by Crippen LogP contribution is -2.08. The predicted octanol–water partition coefficient (Wildman–Crippen LogP) is 8.87. The van der Waals surface area contributed by atoms with Gasteiger partial charge >= 0.3 is 5.97 Å². The Morgan fingerprint density at radius 3 is 1.74 bits per heavy atom. The second-order valence-corrected chi connectivity index (χ2v) is 8.83. The molecule has 180 valence electrons. The van der Waals surface area contributed by atoms with Gasteiger partial charge in [0.2, 0.25) is 0 Å². The van der Waals surface area contributed by atoms with Crippen LogP contribution in [-0.4, -0.2) is 12.6 Å². The smallest absolute Gasteiger partial charge is 0.343 e. The van der Waals surface area contributed by atoms with Crippen molar-refractivity contribution in [2.45, 2.75) is 71.1 Å². The Labute approximate surface area is 205 Å². The summed E-state index contributed by atoms with van der Waals surface area (Å²) in [5, 5.41) is 0.